The fourth-order valence-corrected chi connectivity index (χ4v) is 5.63. The summed E-state index contributed by atoms with van der Waals surface area (Å²) in [7, 11) is 0. The summed E-state index contributed by atoms with van der Waals surface area (Å²) in [4.78, 5) is 29.3. The number of morpholine rings is 1. The maximum absolute atomic E-state index is 15.0. The van der Waals surface area contributed by atoms with Gasteiger partial charge in [-0.15, -0.1) is 0 Å². The number of hydrogen-bond donors (Lipinski definition) is 4. The molecule has 0 radical (unpaired) electrons. The number of nitrogens with zero attached hydrogens (tertiary/aromatic N) is 1. The second-order valence-corrected chi connectivity index (χ2v) is 11.5. The number of carbonyl (C=O) groups is 2. The van der Waals surface area contributed by atoms with Crippen LogP contribution in [0, 0.1) is 17.5 Å². The number of alkyl carbamates (subject to hydrolysis) is 1. The molecule has 10 nitrogen and oxygen atoms in total. The van der Waals surface area contributed by atoms with Crippen LogP contribution in [0.5, 0.6) is 0 Å². The lowest BCUT2D eigenvalue weighted by Gasteiger charge is -2.30. The SMILES string of the molecule is NC(C(=O)Nc1cncc(F)c1CC[C@@H]1CN[C@H](COC(=O)NCC2CCCO2)CO1)C(c1ccc(F)cc1)c1ccc(F)cc1. The van der Waals surface area contributed by atoms with Gasteiger partial charge in [-0.3, -0.25) is 9.78 Å². The lowest BCUT2D eigenvalue weighted by atomic mass is 9.85. The van der Waals surface area contributed by atoms with Crippen LogP contribution in [0.25, 0.3) is 0 Å². The molecule has 0 spiro atoms. The van der Waals surface area contributed by atoms with E-state index >= 15 is 0 Å². The van der Waals surface area contributed by atoms with Crippen molar-refractivity contribution < 1.29 is 37.0 Å². The molecule has 2 fully saturated rings. The largest absolute Gasteiger partial charge is 0.448 e. The molecule has 3 aromatic rings. The third-order valence-electron chi connectivity index (χ3n) is 8.18. The van der Waals surface area contributed by atoms with Crippen molar-refractivity contribution in [2.45, 2.75) is 55.9 Å². The Bertz CT molecular complexity index is 1400. The van der Waals surface area contributed by atoms with Gasteiger partial charge in [-0.2, -0.15) is 0 Å². The Morgan fingerprint density at radius 3 is 2.30 bits per heavy atom. The number of halogens is 3. The summed E-state index contributed by atoms with van der Waals surface area (Å²) < 4.78 is 59.0. The smallest absolute Gasteiger partial charge is 0.407 e. The highest BCUT2D eigenvalue weighted by atomic mass is 19.1. The van der Waals surface area contributed by atoms with E-state index < -0.39 is 41.4 Å². The molecule has 5 N–H and O–H groups in total. The highest BCUT2D eigenvalue weighted by Gasteiger charge is 2.29. The van der Waals surface area contributed by atoms with Crippen LogP contribution < -0.4 is 21.7 Å². The molecule has 2 aliphatic heterocycles. The molecular weight excluding hydrogens is 603 g/mol. The molecule has 2 amide bonds. The average Bonchev–Trinajstić information content (AvgIpc) is 3.59. The molecule has 2 aromatic carbocycles. The molecule has 2 unspecified atom stereocenters. The summed E-state index contributed by atoms with van der Waals surface area (Å²) in [5.74, 6) is -2.86. The monoisotopic (exact) mass is 641 g/mol. The van der Waals surface area contributed by atoms with Gasteiger partial charge >= 0.3 is 6.09 Å². The van der Waals surface area contributed by atoms with Crippen molar-refractivity contribution in [2.24, 2.45) is 5.73 Å². The number of nitrogens with two attached hydrogens (primary N) is 1. The number of nitrogens with one attached hydrogen (secondary N) is 3. The first kappa shape index (κ1) is 33.3. The topological polar surface area (TPSA) is 137 Å². The zero-order chi connectivity index (χ0) is 32.5. The van der Waals surface area contributed by atoms with Crippen molar-refractivity contribution in [1.82, 2.24) is 15.6 Å². The van der Waals surface area contributed by atoms with Crippen LogP contribution in [0.3, 0.4) is 0 Å². The van der Waals surface area contributed by atoms with Gasteiger partial charge in [0.1, 0.15) is 24.1 Å². The highest BCUT2D eigenvalue weighted by Crippen LogP contribution is 2.29. The quantitative estimate of drug-likeness (QED) is 0.235. The van der Waals surface area contributed by atoms with E-state index in [1.54, 1.807) is 0 Å². The summed E-state index contributed by atoms with van der Waals surface area (Å²) in [5.41, 5.74) is 7.97. The van der Waals surface area contributed by atoms with Gasteiger partial charge in [-0.05, 0) is 61.1 Å². The van der Waals surface area contributed by atoms with Gasteiger partial charge < -0.3 is 35.9 Å². The second kappa shape index (κ2) is 16.0. The number of amides is 2. The normalized spacial score (nSPS) is 20.3. The lowest BCUT2D eigenvalue weighted by Crippen LogP contribution is -2.49. The van der Waals surface area contributed by atoms with Gasteiger partial charge in [-0.25, -0.2) is 18.0 Å². The maximum atomic E-state index is 15.0. The highest BCUT2D eigenvalue weighted by molar-refractivity contribution is 5.96. The number of carbonyl (C=O) groups excluding carboxylic acids is 2. The van der Waals surface area contributed by atoms with E-state index in [1.807, 2.05) is 0 Å². The minimum Gasteiger partial charge on any atom is -0.448 e. The first-order valence-corrected chi connectivity index (χ1v) is 15.3. The van der Waals surface area contributed by atoms with Crippen molar-refractivity contribution >= 4 is 17.7 Å². The summed E-state index contributed by atoms with van der Waals surface area (Å²) in [6, 6.07) is 9.72. The molecule has 2 aliphatic rings. The number of pyridine rings is 1. The zero-order valence-electron chi connectivity index (χ0n) is 25.2. The van der Waals surface area contributed by atoms with E-state index in [-0.39, 0.29) is 42.5 Å². The summed E-state index contributed by atoms with van der Waals surface area (Å²) >= 11 is 0. The summed E-state index contributed by atoms with van der Waals surface area (Å²) in [6.45, 7) is 2.02. The molecule has 3 heterocycles. The summed E-state index contributed by atoms with van der Waals surface area (Å²) in [5, 5.41) is 8.71. The van der Waals surface area contributed by atoms with Crippen molar-refractivity contribution in [3.8, 4) is 0 Å². The van der Waals surface area contributed by atoms with Crippen LogP contribution in [0.15, 0.2) is 60.9 Å². The summed E-state index contributed by atoms with van der Waals surface area (Å²) in [6.07, 6.45) is 4.27. The van der Waals surface area contributed by atoms with Crippen molar-refractivity contribution in [1.29, 1.82) is 0 Å². The van der Waals surface area contributed by atoms with Crippen LogP contribution in [0.2, 0.25) is 0 Å². The van der Waals surface area contributed by atoms with E-state index in [0.29, 0.717) is 43.9 Å². The third-order valence-corrected chi connectivity index (χ3v) is 8.18. The fraction of sp³-hybridized carbons (Fsp3) is 0.424. The standard InChI is InChI=1S/C33H38F3N5O5/c34-22-7-3-20(4-8-22)30(21-5-9-23(35)10-6-21)31(37)32(42)41-29-17-38-16-28(36)27(29)12-11-26-14-39-24(18-45-26)19-46-33(43)40-15-25-2-1-13-44-25/h3-10,16-17,24-26,30-31,39H,1-2,11-15,18-19,37H2,(H,40,43)(H,41,42)/t24-,25?,26+,31?/m0/s1. The third kappa shape index (κ3) is 9.03. The second-order valence-electron chi connectivity index (χ2n) is 11.5. The number of benzene rings is 2. The van der Waals surface area contributed by atoms with Crippen LogP contribution in [-0.4, -0.2) is 74.2 Å². The number of rotatable bonds is 12. The van der Waals surface area contributed by atoms with E-state index in [2.05, 4.69) is 20.9 Å². The first-order chi connectivity index (χ1) is 22.3. The lowest BCUT2D eigenvalue weighted by molar-refractivity contribution is -0.117. The van der Waals surface area contributed by atoms with Gasteiger partial charge in [-0.1, -0.05) is 24.3 Å². The van der Waals surface area contributed by atoms with Gasteiger partial charge in [0.05, 0.1) is 49.0 Å². The Labute approximate surface area is 265 Å². The van der Waals surface area contributed by atoms with Gasteiger partial charge in [0.2, 0.25) is 5.91 Å². The molecule has 4 atom stereocenters. The van der Waals surface area contributed by atoms with Gasteiger partial charge in [0.25, 0.3) is 0 Å². The molecule has 46 heavy (non-hydrogen) atoms. The molecule has 0 saturated carbocycles. The van der Waals surface area contributed by atoms with Crippen molar-refractivity contribution in [3.05, 3.63) is 95.1 Å². The number of aromatic nitrogens is 1. The van der Waals surface area contributed by atoms with E-state index in [9.17, 15) is 22.8 Å². The van der Waals surface area contributed by atoms with E-state index in [1.165, 1.54) is 54.7 Å². The average molecular weight is 642 g/mol. The number of hydrogen-bond acceptors (Lipinski definition) is 8. The zero-order valence-corrected chi connectivity index (χ0v) is 25.2. The van der Waals surface area contributed by atoms with E-state index in [4.69, 9.17) is 19.9 Å². The predicted molar refractivity (Wildman–Crippen MR) is 164 cm³/mol. The van der Waals surface area contributed by atoms with Gasteiger partial charge in [0.15, 0.2) is 0 Å². The van der Waals surface area contributed by atoms with E-state index in [0.717, 1.165) is 19.0 Å². The van der Waals surface area contributed by atoms with Crippen molar-refractivity contribution in [3.63, 3.8) is 0 Å². The molecule has 5 rings (SSSR count). The fourth-order valence-electron chi connectivity index (χ4n) is 5.63. The first-order valence-electron chi connectivity index (χ1n) is 15.3. The molecule has 246 valence electrons. The Morgan fingerprint density at radius 1 is 1.00 bits per heavy atom. The Kier molecular flexibility index (Phi) is 11.6. The maximum Gasteiger partial charge on any atom is 0.407 e. The molecule has 13 heteroatoms. The minimum absolute atomic E-state index is 0.0278. The Balaban J connectivity index is 1.15. The number of ether oxygens (including phenoxy) is 3. The van der Waals surface area contributed by atoms with Crippen LogP contribution in [0.4, 0.5) is 23.7 Å². The minimum atomic E-state index is -1.19. The molecule has 0 aliphatic carbocycles. The Morgan fingerprint density at radius 2 is 1.70 bits per heavy atom. The van der Waals surface area contributed by atoms with Crippen LogP contribution in [-0.2, 0) is 25.4 Å². The van der Waals surface area contributed by atoms with Crippen LogP contribution >= 0.6 is 0 Å². The number of anilines is 1. The van der Waals surface area contributed by atoms with Crippen LogP contribution in [0.1, 0.15) is 41.9 Å². The van der Waals surface area contributed by atoms with Gasteiger partial charge in [0, 0.05) is 31.2 Å². The molecular formula is C33H38F3N5O5. The van der Waals surface area contributed by atoms with Crippen molar-refractivity contribution in [2.75, 3.05) is 38.2 Å². The molecule has 1 aromatic heterocycles. The molecule has 0 bridgehead atoms. The molecule has 2 saturated heterocycles. The predicted octanol–water partition coefficient (Wildman–Crippen LogP) is 3.79. The Hall–Kier alpha value is -4.04.